The molecule has 0 atom stereocenters. The van der Waals surface area contributed by atoms with Crippen LogP contribution in [0.2, 0.25) is 5.02 Å². The first-order valence-electron chi connectivity index (χ1n) is 6.60. The van der Waals surface area contributed by atoms with Gasteiger partial charge < -0.3 is 5.32 Å². The quantitative estimate of drug-likeness (QED) is 0.375. The number of amides is 1. The molecule has 1 amide bonds. The largest absolute Gasteiger partial charge is 0.317 e. The first-order valence-corrected chi connectivity index (χ1v) is 7.39. The summed E-state index contributed by atoms with van der Waals surface area (Å²) in [4.78, 5) is 26.0. The maximum Gasteiger partial charge on any atom is 0.270 e. The van der Waals surface area contributed by atoms with Crippen molar-refractivity contribution in [1.82, 2.24) is 10.3 Å². The predicted octanol–water partition coefficient (Wildman–Crippen LogP) is 3.17. The van der Waals surface area contributed by atoms with Crippen LogP contribution in [0, 0.1) is 10.1 Å². The van der Waals surface area contributed by atoms with E-state index < -0.39 is 10.8 Å². The minimum atomic E-state index is -0.504. The summed E-state index contributed by atoms with van der Waals surface area (Å²) < 4.78 is 0. The van der Waals surface area contributed by atoms with Gasteiger partial charge in [-0.3, -0.25) is 20.2 Å². The van der Waals surface area contributed by atoms with Crippen LogP contribution in [0.1, 0.15) is 5.56 Å². The number of pyridine rings is 1. The van der Waals surface area contributed by atoms with E-state index in [0.29, 0.717) is 16.4 Å². The van der Waals surface area contributed by atoms with Crippen LogP contribution in [0.4, 0.5) is 11.5 Å². The van der Waals surface area contributed by atoms with Crippen molar-refractivity contribution in [1.29, 1.82) is 0 Å². The molecule has 1 aromatic carbocycles. The van der Waals surface area contributed by atoms with E-state index in [1.807, 2.05) is 0 Å². The number of nitro benzene ring substituents is 1. The Balaban J connectivity index is 1.92. The highest BCUT2D eigenvalue weighted by Crippen LogP contribution is 2.14. The molecule has 2 aromatic rings. The number of benzene rings is 1. The van der Waals surface area contributed by atoms with Crippen LogP contribution in [-0.4, -0.2) is 20.9 Å². The van der Waals surface area contributed by atoms with E-state index in [2.05, 4.69) is 15.6 Å². The monoisotopic (exact) mass is 362 g/mol. The number of nitrogens with one attached hydrogen (secondary N) is 2. The number of halogens is 1. The first-order chi connectivity index (χ1) is 11.4. The third-order valence-corrected chi connectivity index (χ3v) is 3.14. The predicted molar refractivity (Wildman–Crippen MR) is 95.7 cm³/mol. The molecule has 1 heterocycles. The van der Waals surface area contributed by atoms with Gasteiger partial charge in [0.2, 0.25) is 5.91 Å². The smallest absolute Gasteiger partial charge is 0.270 e. The summed E-state index contributed by atoms with van der Waals surface area (Å²) in [5, 5.41) is 16.4. The Morgan fingerprint density at radius 1 is 1.33 bits per heavy atom. The van der Waals surface area contributed by atoms with Crippen molar-refractivity contribution in [2.45, 2.75) is 0 Å². The van der Waals surface area contributed by atoms with Crippen molar-refractivity contribution in [2.24, 2.45) is 0 Å². The minimum Gasteiger partial charge on any atom is -0.317 e. The van der Waals surface area contributed by atoms with E-state index in [-0.39, 0.29) is 10.8 Å². The van der Waals surface area contributed by atoms with Crippen molar-refractivity contribution >= 4 is 52.4 Å². The number of hydrogen-bond donors (Lipinski definition) is 2. The highest BCUT2D eigenvalue weighted by molar-refractivity contribution is 7.80. The zero-order chi connectivity index (χ0) is 17.5. The van der Waals surface area contributed by atoms with E-state index in [1.54, 1.807) is 18.2 Å². The number of thiocarbonyl (C=S) groups is 1. The van der Waals surface area contributed by atoms with E-state index in [0.717, 1.165) is 0 Å². The molecule has 1 aromatic heterocycles. The molecule has 0 aliphatic heterocycles. The van der Waals surface area contributed by atoms with E-state index in [1.165, 1.54) is 36.5 Å². The van der Waals surface area contributed by atoms with Crippen LogP contribution < -0.4 is 10.6 Å². The van der Waals surface area contributed by atoms with Crippen LogP contribution in [0.15, 0.2) is 48.7 Å². The second-order valence-corrected chi connectivity index (χ2v) is 5.34. The molecule has 0 saturated heterocycles. The molecule has 7 nitrogen and oxygen atoms in total. The van der Waals surface area contributed by atoms with Crippen LogP contribution in [0.3, 0.4) is 0 Å². The lowest BCUT2D eigenvalue weighted by Crippen LogP contribution is -2.33. The number of carbonyl (C=O) groups is 1. The Hall–Kier alpha value is -2.84. The summed E-state index contributed by atoms with van der Waals surface area (Å²) in [5.41, 5.74) is 0.473. The molecule has 0 bridgehead atoms. The molecule has 0 spiro atoms. The fraction of sp³-hybridized carbons (Fsp3) is 0. The molecule has 0 radical (unpaired) electrons. The lowest BCUT2D eigenvalue weighted by molar-refractivity contribution is -0.384. The summed E-state index contributed by atoms with van der Waals surface area (Å²) in [6.45, 7) is 0. The topological polar surface area (TPSA) is 97.2 Å². The maximum atomic E-state index is 11.8. The van der Waals surface area contributed by atoms with Crippen LogP contribution in [-0.2, 0) is 4.79 Å². The molecule has 2 N–H and O–H groups in total. The number of anilines is 1. The summed E-state index contributed by atoms with van der Waals surface area (Å²) >= 11 is 10.7. The summed E-state index contributed by atoms with van der Waals surface area (Å²) in [5.74, 6) is -0.0414. The Labute approximate surface area is 147 Å². The molecule has 0 unspecified atom stereocenters. The summed E-state index contributed by atoms with van der Waals surface area (Å²) in [7, 11) is 0. The third kappa shape index (κ3) is 5.41. The van der Waals surface area contributed by atoms with E-state index in [9.17, 15) is 14.9 Å². The standard InChI is InChI=1S/C15H11ClN4O3S/c16-11-5-6-13(17-9-11)18-15(24)19-14(21)7-4-10-2-1-3-12(8-10)20(22)23/h1-9H,(H2,17,18,19,21,24). The zero-order valence-corrected chi connectivity index (χ0v) is 13.7. The summed E-state index contributed by atoms with van der Waals surface area (Å²) in [6.07, 6.45) is 4.12. The molecule has 0 aliphatic rings. The molecule has 9 heteroatoms. The molecule has 0 aliphatic carbocycles. The third-order valence-electron chi connectivity index (χ3n) is 2.71. The van der Waals surface area contributed by atoms with Gasteiger partial charge in [0.05, 0.1) is 9.95 Å². The number of nitrogens with zero attached hydrogens (tertiary/aromatic N) is 2. The highest BCUT2D eigenvalue weighted by Gasteiger charge is 2.05. The van der Waals surface area contributed by atoms with Crippen molar-refractivity contribution < 1.29 is 9.72 Å². The van der Waals surface area contributed by atoms with E-state index >= 15 is 0 Å². The van der Waals surface area contributed by atoms with Gasteiger partial charge in [0, 0.05) is 24.4 Å². The molecular weight excluding hydrogens is 352 g/mol. The van der Waals surface area contributed by atoms with Crippen LogP contribution in [0.5, 0.6) is 0 Å². The number of carbonyl (C=O) groups excluding carboxylic acids is 1. The zero-order valence-electron chi connectivity index (χ0n) is 12.1. The number of rotatable bonds is 4. The average Bonchev–Trinajstić information content (AvgIpc) is 2.55. The Kier molecular flexibility index (Phi) is 5.94. The normalized spacial score (nSPS) is 10.4. The summed E-state index contributed by atoms with van der Waals surface area (Å²) in [6, 6.07) is 9.15. The molecule has 0 fully saturated rings. The van der Waals surface area contributed by atoms with Gasteiger partial charge in [-0.1, -0.05) is 23.7 Å². The van der Waals surface area contributed by atoms with Gasteiger partial charge in [-0.25, -0.2) is 4.98 Å². The number of aromatic nitrogens is 1. The number of nitro groups is 1. The average molecular weight is 363 g/mol. The lowest BCUT2D eigenvalue weighted by Gasteiger charge is -2.06. The molecule has 24 heavy (non-hydrogen) atoms. The second kappa shape index (κ2) is 8.14. The lowest BCUT2D eigenvalue weighted by atomic mass is 10.2. The van der Waals surface area contributed by atoms with Crippen LogP contribution in [0.25, 0.3) is 6.08 Å². The molecule has 122 valence electrons. The fourth-order valence-corrected chi connectivity index (χ4v) is 1.98. The van der Waals surface area contributed by atoms with Gasteiger partial charge >= 0.3 is 0 Å². The first kappa shape index (κ1) is 17.5. The van der Waals surface area contributed by atoms with Gasteiger partial charge in [-0.15, -0.1) is 0 Å². The van der Waals surface area contributed by atoms with Gasteiger partial charge in [0.25, 0.3) is 5.69 Å². The van der Waals surface area contributed by atoms with Gasteiger partial charge in [-0.05, 0) is 36.0 Å². The maximum absolute atomic E-state index is 11.8. The highest BCUT2D eigenvalue weighted by atomic mass is 35.5. The van der Waals surface area contributed by atoms with E-state index in [4.69, 9.17) is 23.8 Å². The number of hydrogen-bond acceptors (Lipinski definition) is 5. The van der Waals surface area contributed by atoms with Crippen molar-refractivity contribution in [3.05, 3.63) is 69.4 Å². The Morgan fingerprint density at radius 2 is 2.12 bits per heavy atom. The van der Waals surface area contributed by atoms with Gasteiger partial charge in [0.15, 0.2) is 5.11 Å². The molecular formula is C15H11ClN4O3S. The fourth-order valence-electron chi connectivity index (χ4n) is 1.66. The van der Waals surface area contributed by atoms with Gasteiger partial charge in [0.1, 0.15) is 5.82 Å². The van der Waals surface area contributed by atoms with Crippen molar-refractivity contribution in [2.75, 3.05) is 5.32 Å². The van der Waals surface area contributed by atoms with Crippen LogP contribution >= 0.6 is 23.8 Å². The molecule has 0 saturated carbocycles. The number of non-ortho nitro benzene ring substituents is 1. The minimum absolute atomic E-state index is 0.0523. The van der Waals surface area contributed by atoms with Crippen molar-refractivity contribution in [3.63, 3.8) is 0 Å². The van der Waals surface area contributed by atoms with Gasteiger partial charge in [-0.2, -0.15) is 0 Å². The second-order valence-electron chi connectivity index (χ2n) is 4.49. The SMILES string of the molecule is O=C(C=Cc1cccc([N+](=O)[O-])c1)NC(=S)Nc1ccc(Cl)cn1. The Bertz CT molecular complexity index is 809. The Morgan fingerprint density at radius 3 is 2.79 bits per heavy atom. The molecule has 2 rings (SSSR count). The van der Waals surface area contributed by atoms with Crippen molar-refractivity contribution in [3.8, 4) is 0 Å².